The van der Waals surface area contributed by atoms with Gasteiger partial charge in [0.05, 0.1) is 6.61 Å². The monoisotopic (exact) mass is 318 g/mol. The SMILES string of the molecule is Cc1c(Br)cccc1-c1nc2ncc(CO)cc2o1. The fourth-order valence-electron chi connectivity index (χ4n) is 1.90. The van der Waals surface area contributed by atoms with E-state index < -0.39 is 0 Å². The first-order valence-electron chi connectivity index (χ1n) is 5.81. The third-order valence-electron chi connectivity index (χ3n) is 2.98. The molecule has 0 bridgehead atoms. The molecule has 0 saturated heterocycles. The summed E-state index contributed by atoms with van der Waals surface area (Å²) >= 11 is 3.49. The minimum atomic E-state index is -0.0606. The van der Waals surface area contributed by atoms with E-state index >= 15 is 0 Å². The Hall–Kier alpha value is -1.72. The summed E-state index contributed by atoms with van der Waals surface area (Å²) in [6, 6.07) is 7.63. The number of aliphatic hydroxyl groups excluding tert-OH is 1. The molecule has 0 saturated carbocycles. The van der Waals surface area contributed by atoms with Crippen LogP contribution in [-0.2, 0) is 6.61 Å². The maximum atomic E-state index is 9.09. The minimum absolute atomic E-state index is 0.0606. The second-order valence-corrected chi connectivity index (χ2v) is 5.11. The molecule has 96 valence electrons. The van der Waals surface area contributed by atoms with Crippen LogP contribution in [0.4, 0.5) is 0 Å². The second kappa shape index (κ2) is 4.75. The summed E-state index contributed by atoms with van der Waals surface area (Å²) in [5.41, 5.74) is 3.84. The van der Waals surface area contributed by atoms with E-state index in [-0.39, 0.29) is 6.61 Å². The highest BCUT2D eigenvalue weighted by atomic mass is 79.9. The minimum Gasteiger partial charge on any atom is -0.434 e. The number of pyridine rings is 1. The molecule has 3 aromatic rings. The standard InChI is InChI=1S/C14H11BrN2O2/c1-8-10(3-2-4-11(8)15)14-17-13-12(19-14)5-9(7-18)6-16-13/h2-6,18H,7H2,1H3. The van der Waals surface area contributed by atoms with Gasteiger partial charge in [0.2, 0.25) is 5.89 Å². The van der Waals surface area contributed by atoms with E-state index in [0.29, 0.717) is 22.7 Å². The molecule has 1 N–H and O–H groups in total. The zero-order chi connectivity index (χ0) is 13.4. The first kappa shape index (κ1) is 12.3. The summed E-state index contributed by atoms with van der Waals surface area (Å²) in [5, 5.41) is 9.09. The van der Waals surface area contributed by atoms with Crippen LogP contribution >= 0.6 is 15.9 Å². The van der Waals surface area contributed by atoms with Crippen LogP contribution in [0.1, 0.15) is 11.1 Å². The molecule has 0 unspecified atom stereocenters. The van der Waals surface area contributed by atoms with Crippen molar-refractivity contribution in [3.8, 4) is 11.5 Å². The van der Waals surface area contributed by atoms with Gasteiger partial charge in [-0.2, -0.15) is 4.98 Å². The Morgan fingerprint density at radius 1 is 1.37 bits per heavy atom. The van der Waals surface area contributed by atoms with Crippen molar-refractivity contribution in [3.63, 3.8) is 0 Å². The van der Waals surface area contributed by atoms with Crippen molar-refractivity contribution in [2.75, 3.05) is 0 Å². The van der Waals surface area contributed by atoms with Crippen LogP contribution in [0.15, 0.2) is 39.4 Å². The van der Waals surface area contributed by atoms with E-state index in [1.807, 2.05) is 25.1 Å². The number of halogens is 1. The summed E-state index contributed by atoms with van der Waals surface area (Å²) in [5.74, 6) is 0.538. The molecule has 3 rings (SSSR count). The van der Waals surface area contributed by atoms with E-state index in [9.17, 15) is 0 Å². The van der Waals surface area contributed by atoms with E-state index in [2.05, 4.69) is 25.9 Å². The van der Waals surface area contributed by atoms with E-state index in [1.54, 1.807) is 12.3 Å². The molecule has 0 aliphatic heterocycles. The van der Waals surface area contributed by atoms with Crippen molar-refractivity contribution in [1.82, 2.24) is 9.97 Å². The van der Waals surface area contributed by atoms with Crippen molar-refractivity contribution >= 4 is 27.2 Å². The maximum Gasteiger partial charge on any atom is 0.229 e. The highest BCUT2D eigenvalue weighted by Crippen LogP contribution is 2.30. The summed E-state index contributed by atoms with van der Waals surface area (Å²) < 4.78 is 6.74. The smallest absolute Gasteiger partial charge is 0.229 e. The lowest BCUT2D eigenvalue weighted by Crippen LogP contribution is -1.85. The van der Waals surface area contributed by atoms with Crippen LogP contribution in [0.25, 0.3) is 22.7 Å². The van der Waals surface area contributed by atoms with Crippen LogP contribution < -0.4 is 0 Å². The Morgan fingerprint density at radius 2 is 2.21 bits per heavy atom. The van der Waals surface area contributed by atoms with Gasteiger partial charge in [-0.3, -0.25) is 0 Å². The quantitative estimate of drug-likeness (QED) is 0.786. The number of oxazole rings is 1. The largest absolute Gasteiger partial charge is 0.434 e. The molecular formula is C14H11BrN2O2. The van der Waals surface area contributed by atoms with Gasteiger partial charge < -0.3 is 9.52 Å². The predicted molar refractivity (Wildman–Crippen MR) is 75.6 cm³/mol. The molecule has 1 aromatic carbocycles. The average molecular weight is 319 g/mol. The fraction of sp³-hybridized carbons (Fsp3) is 0.143. The summed E-state index contributed by atoms with van der Waals surface area (Å²) in [6.45, 7) is 1.94. The van der Waals surface area contributed by atoms with Crippen molar-refractivity contribution in [2.45, 2.75) is 13.5 Å². The molecule has 5 heteroatoms. The molecule has 0 aliphatic rings. The number of hydrogen-bond acceptors (Lipinski definition) is 4. The predicted octanol–water partition coefficient (Wildman–Crippen LogP) is 3.45. The Balaban J connectivity index is 2.18. The molecule has 0 aliphatic carbocycles. The summed E-state index contributed by atoms with van der Waals surface area (Å²) in [4.78, 5) is 8.55. The van der Waals surface area contributed by atoms with Crippen LogP contribution in [0.3, 0.4) is 0 Å². The lowest BCUT2D eigenvalue weighted by molar-refractivity contribution is 0.281. The average Bonchev–Trinajstić information content (AvgIpc) is 2.84. The molecule has 0 spiro atoms. The van der Waals surface area contributed by atoms with Crippen molar-refractivity contribution in [3.05, 3.63) is 46.1 Å². The topological polar surface area (TPSA) is 59.2 Å². The van der Waals surface area contributed by atoms with Gasteiger partial charge in [-0.05, 0) is 36.2 Å². The Morgan fingerprint density at radius 3 is 3.00 bits per heavy atom. The van der Waals surface area contributed by atoms with Crippen molar-refractivity contribution in [1.29, 1.82) is 0 Å². The highest BCUT2D eigenvalue weighted by molar-refractivity contribution is 9.10. The highest BCUT2D eigenvalue weighted by Gasteiger charge is 2.12. The molecule has 4 nitrogen and oxygen atoms in total. The third-order valence-corrected chi connectivity index (χ3v) is 3.84. The van der Waals surface area contributed by atoms with Gasteiger partial charge in [-0.25, -0.2) is 4.98 Å². The maximum absolute atomic E-state index is 9.09. The number of aromatic nitrogens is 2. The van der Waals surface area contributed by atoms with Gasteiger partial charge in [-0.15, -0.1) is 0 Å². The number of benzene rings is 1. The number of fused-ring (bicyclic) bond motifs is 1. The van der Waals surface area contributed by atoms with Crippen molar-refractivity contribution in [2.24, 2.45) is 0 Å². The van der Waals surface area contributed by atoms with E-state index in [4.69, 9.17) is 9.52 Å². The van der Waals surface area contributed by atoms with Gasteiger partial charge in [0.1, 0.15) is 0 Å². The normalized spacial score (nSPS) is 11.1. The molecule has 2 aromatic heterocycles. The van der Waals surface area contributed by atoms with Crippen molar-refractivity contribution < 1.29 is 9.52 Å². The molecule has 19 heavy (non-hydrogen) atoms. The number of nitrogens with zero attached hydrogens (tertiary/aromatic N) is 2. The Bertz CT molecular complexity index is 752. The lowest BCUT2D eigenvalue weighted by atomic mass is 10.1. The van der Waals surface area contributed by atoms with E-state index in [1.165, 1.54) is 0 Å². The first-order chi connectivity index (χ1) is 9.19. The number of aliphatic hydroxyl groups is 1. The fourth-order valence-corrected chi connectivity index (χ4v) is 2.27. The van der Waals surface area contributed by atoms with Crippen LogP contribution in [0, 0.1) is 6.92 Å². The number of hydrogen-bond donors (Lipinski definition) is 1. The number of rotatable bonds is 2. The molecule has 0 amide bonds. The third kappa shape index (κ3) is 2.15. The second-order valence-electron chi connectivity index (χ2n) is 4.25. The zero-order valence-corrected chi connectivity index (χ0v) is 11.8. The van der Waals surface area contributed by atoms with Gasteiger partial charge in [0, 0.05) is 16.2 Å². The van der Waals surface area contributed by atoms with E-state index in [0.717, 1.165) is 15.6 Å². The molecule has 0 atom stereocenters. The molecule has 2 heterocycles. The first-order valence-corrected chi connectivity index (χ1v) is 6.60. The van der Waals surface area contributed by atoms with Crippen LogP contribution in [0.5, 0.6) is 0 Å². The van der Waals surface area contributed by atoms with Gasteiger partial charge in [0.15, 0.2) is 11.2 Å². The van der Waals surface area contributed by atoms with Crippen LogP contribution in [0.2, 0.25) is 0 Å². The molecule has 0 radical (unpaired) electrons. The lowest BCUT2D eigenvalue weighted by Gasteiger charge is -2.02. The Labute approximate surface area is 118 Å². The van der Waals surface area contributed by atoms with Gasteiger partial charge in [0.25, 0.3) is 0 Å². The van der Waals surface area contributed by atoms with Crippen LogP contribution in [-0.4, -0.2) is 15.1 Å². The van der Waals surface area contributed by atoms with Gasteiger partial charge >= 0.3 is 0 Å². The van der Waals surface area contributed by atoms with Gasteiger partial charge in [-0.1, -0.05) is 22.0 Å². The Kier molecular flexibility index (Phi) is 3.08. The summed E-state index contributed by atoms with van der Waals surface area (Å²) in [7, 11) is 0. The molecule has 0 fully saturated rings. The zero-order valence-electron chi connectivity index (χ0n) is 10.2. The summed E-state index contributed by atoms with van der Waals surface area (Å²) in [6.07, 6.45) is 1.60. The molecular weight excluding hydrogens is 308 g/mol.